The molecule has 0 radical (unpaired) electrons. The lowest BCUT2D eigenvalue weighted by Crippen LogP contribution is -2.45. The van der Waals surface area contributed by atoms with Gasteiger partial charge in [-0.2, -0.15) is 0 Å². The van der Waals surface area contributed by atoms with Gasteiger partial charge < -0.3 is 14.7 Å². The van der Waals surface area contributed by atoms with Gasteiger partial charge >= 0.3 is 5.97 Å². The van der Waals surface area contributed by atoms with E-state index in [1.165, 1.54) is 0 Å². The fraction of sp³-hybridized carbons (Fsp3) is 0.500. The van der Waals surface area contributed by atoms with Gasteiger partial charge in [-0.1, -0.05) is 29.3 Å². The van der Waals surface area contributed by atoms with Crippen molar-refractivity contribution in [3.63, 3.8) is 0 Å². The predicted molar refractivity (Wildman–Crippen MR) is 88.0 cm³/mol. The molecule has 1 fully saturated rings. The number of nitrogens with zero attached hydrogens (tertiary/aromatic N) is 1. The number of hydrogen-bond donors (Lipinski definition) is 1. The van der Waals surface area contributed by atoms with Gasteiger partial charge in [0.2, 0.25) is 5.91 Å². The first-order valence-electron chi connectivity index (χ1n) is 7.50. The average Bonchev–Trinajstić information content (AvgIpc) is 2.52. The molecule has 7 heteroatoms. The van der Waals surface area contributed by atoms with Crippen LogP contribution < -0.4 is 0 Å². The van der Waals surface area contributed by atoms with Crippen molar-refractivity contribution in [1.29, 1.82) is 0 Å². The number of halogens is 2. The molecular formula is C16H19Cl2NO4. The summed E-state index contributed by atoms with van der Waals surface area (Å²) in [6.45, 7) is 1.39. The van der Waals surface area contributed by atoms with Gasteiger partial charge in [-0.3, -0.25) is 9.59 Å². The van der Waals surface area contributed by atoms with Crippen LogP contribution >= 0.6 is 23.2 Å². The highest BCUT2D eigenvalue weighted by Crippen LogP contribution is 2.23. The molecule has 23 heavy (non-hydrogen) atoms. The molecule has 1 aliphatic rings. The molecule has 126 valence electrons. The van der Waals surface area contributed by atoms with E-state index in [4.69, 9.17) is 33.0 Å². The van der Waals surface area contributed by atoms with E-state index < -0.39 is 5.97 Å². The normalized spacial score (nSPS) is 15.4. The fourth-order valence-electron chi connectivity index (χ4n) is 2.65. The summed E-state index contributed by atoms with van der Waals surface area (Å²) >= 11 is 11.9. The Balaban J connectivity index is 2.07. The lowest BCUT2D eigenvalue weighted by Gasteiger charge is -2.34. The summed E-state index contributed by atoms with van der Waals surface area (Å²) in [5, 5.41) is 9.75. The Morgan fingerprint density at radius 2 is 1.91 bits per heavy atom. The number of carboxylic acid groups (broad SMARTS) is 1. The Morgan fingerprint density at radius 3 is 2.52 bits per heavy atom. The smallest absolute Gasteiger partial charge is 0.305 e. The maximum absolute atomic E-state index is 12.6. The lowest BCUT2D eigenvalue weighted by molar-refractivity contribution is -0.140. The highest BCUT2D eigenvalue weighted by atomic mass is 35.5. The zero-order chi connectivity index (χ0) is 16.8. The van der Waals surface area contributed by atoms with Gasteiger partial charge in [-0.15, -0.1) is 0 Å². The molecule has 0 aliphatic carbocycles. The first kappa shape index (κ1) is 18.0. The van der Waals surface area contributed by atoms with Crippen molar-refractivity contribution >= 4 is 35.1 Å². The van der Waals surface area contributed by atoms with E-state index in [0.717, 1.165) is 18.4 Å². The van der Waals surface area contributed by atoms with Crippen LogP contribution in [0.5, 0.6) is 0 Å². The van der Waals surface area contributed by atoms with E-state index in [-0.39, 0.29) is 31.3 Å². The van der Waals surface area contributed by atoms with E-state index >= 15 is 0 Å². The largest absolute Gasteiger partial charge is 0.481 e. The number of amides is 1. The maximum atomic E-state index is 12.6. The molecule has 1 heterocycles. The third-order valence-corrected chi connectivity index (χ3v) is 4.60. The summed E-state index contributed by atoms with van der Waals surface area (Å²) in [6.07, 6.45) is 1.57. The maximum Gasteiger partial charge on any atom is 0.305 e. The standard InChI is InChI=1S/C16H19Cl2NO4/c17-13-2-1-11(9-14(13)18)10-15(20)19(6-3-16(21)22)12-4-7-23-8-5-12/h1-2,9,12H,3-8,10H2,(H,21,22). The monoisotopic (exact) mass is 359 g/mol. The molecule has 0 atom stereocenters. The molecule has 1 saturated heterocycles. The Labute approximate surface area is 145 Å². The fourth-order valence-corrected chi connectivity index (χ4v) is 2.97. The number of hydrogen-bond acceptors (Lipinski definition) is 3. The van der Waals surface area contributed by atoms with Gasteiger partial charge in [0, 0.05) is 25.8 Å². The number of rotatable bonds is 6. The molecule has 5 nitrogen and oxygen atoms in total. The summed E-state index contributed by atoms with van der Waals surface area (Å²) in [5.41, 5.74) is 0.761. The van der Waals surface area contributed by atoms with Crippen molar-refractivity contribution < 1.29 is 19.4 Å². The Bertz CT molecular complexity index is 573. The lowest BCUT2D eigenvalue weighted by atomic mass is 10.0. The van der Waals surface area contributed by atoms with Crippen LogP contribution in [0.1, 0.15) is 24.8 Å². The molecule has 1 aromatic carbocycles. The van der Waals surface area contributed by atoms with Crippen LogP contribution in [0.25, 0.3) is 0 Å². The quantitative estimate of drug-likeness (QED) is 0.847. The van der Waals surface area contributed by atoms with Gasteiger partial charge in [0.05, 0.1) is 22.9 Å². The Hall–Kier alpha value is -1.30. The molecule has 0 unspecified atom stereocenters. The molecular weight excluding hydrogens is 341 g/mol. The van der Waals surface area contributed by atoms with Gasteiger partial charge in [-0.25, -0.2) is 0 Å². The first-order chi connectivity index (χ1) is 11.0. The molecule has 0 aromatic heterocycles. The third-order valence-electron chi connectivity index (χ3n) is 3.86. The second-order valence-corrected chi connectivity index (χ2v) is 6.31. The second-order valence-electron chi connectivity index (χ2n) is 5.50. The summed E-state index contributed by atoms with van der Waals surface area (Å²) in [4.78, 5) is 25.2. The van der Waals surface area contributed by atoms with E-state index in [2.05, 4.69) is 0 Å². The first-order valence-corrected chi connectivity index (χ1v) is 8.26. The molecule has 1 aliphatic heterocycles. The summed E-state index contributed by atoms with van der Waals surface area (Å²) in [7, 11) is 0. The average molecular weight is 360 g/mol. The van der Waals surface area contributed by atoms with Gasteiger partial charge in [0.15, 0.2) is 0 Å². The van der Waals surface area contributed by atoms with Gasteiger partial charge in [0.1, 0.15) is 0 Å². The summed E-state index contributed by atoms with van der Waals surface area (Å²) < 4.78 is 5.32. The number of ether oxygens (including phenoxy) is 1. The van der Waals surface area contributed by atoms with E-state index in [0.29, 0.717) is 23.3 Å². The summed E-state index contributed by atoms with van der Waals surface area (Å²) in [6, 6.07) is 5.10. The Kier molecular flexibility index (Phi) is 6.69. The molecule has 1 N–H and O–H groups in total. The van der Waals surface area contributed by atoms with Crippen LogP contribution in [0.4, 0.5) is 0 Å². The van der Waals surface area contributed by atoms with Crippen molar-refractivity contribution in [3.05, 3.63) is 33.8 Å². The number of benzene rings is 1. The van der Waals surface area contributed by atoms with Gasteiger partial charge in [0.25, 0.3) is 0 Å². The molecule has 0 spiro atoms. The van der Waals surface area contributed by atoms with Crippen LogP contribution in [0.3, 0.4) is 0 Å². The van der Waals surface area contributed by atoms with Crippen molar-refractivity contribution in [1.82, 2.24) is 4.90 Å². The third kappa shape index (κ3) is 5.37. The van der Waals surface area contributed by atoms with Crippen molar-refractivity contribution in [3.8, 4) is 0 Å². The molecule has 2 rings (SSSR count). The topological polar surface area (TPSA) is 66.8 Å². The van der Waals surface area contributed by atoms with Crippen LogP contribution in [0.15, 0.2) is 18.2 Å². The minimum absolute atomic E-state index is 0.0263. The highest BCUT2D eigenvalue weighted by molar-refractivity contribution is 6.42. The van der Waals surface area contributed by atoms with E-state index in [1.54, 1.807) is 23.1 Å². The van der Waals surface area contributed by atoms with Crippen LogP contribution in [-0.4, -0.2) is 47.7 Å². The zero-order valence-corrected chi connectivity index (χ0v) is 14.1. The minimum atomic E-state index is -0.913. The highest BCUT2D eigenvalue weighted by Gasteiger charge is 2.26. The molecule has 0 saturated carbocycles. The predicted octanol–water partition coefficient (Wildman–Crippen LogP) is 3.02. The Morgan fingerprint density at radius 1 is 1.22 bits per heavy atom. The number of carboxylic acids is 1. The van der Waals surface area contributed by atoms with Crippen LogP contribution in [-0.2, 0) is 20.7 Å². The van der Waals surface area contributed by atoms with Gasteiger partial charge in [-0.05, 0) is 30.5 Å². The van der Waals surface area contributed by atoms with Crippen LogP contribution in [0.2, 0.25) is 10.0 Å². The zero-order valence-electron chi connectivity index (χ0n) is 12.6. The molecule has 0 bridgehead atoms. The van der Waals surface area contributed by atoms with Crippen molar-refractivity contribution in [2.75, 3.05) is 19.8 Å². The SMILES string of the molecule is O=C(O)CCN(C(=O)Cc1ccc(Cl)c(Cl)c1)C1CCOCC1. The van der Waals surface area contributed by atoms with Crippen molar-refractivity contribution in [2.24, 2.45) is 0 Å². The van der Waals surface area contributed by atoms with Crippen molar-refractivity contribution in [2.45, 2.75) is 31.7 Å². The number of carbonyl (C=O) groups excluding carboxylic acids is 1. The number of aliphatic carboxylic acids is 1. The summed E-state index contributed by atoms with van der Waals surface area (Å²) in [5.74, 6) is -1.01. The second kappa shape index (κ2) is 8.52. The minimum Gasteiger partial charge on any atom is -0.481 e. The van der Waals surface area contributed by atoms with E-state index in [1.807, 2.05) is 0 Å². The number of carbonyl (C=O) groups is 2. The molecule has 1 aromatic rings. The van der Waals surface area contributed by atoms with Crippen LogP contribution in [0, 0.1) is 0 Å². The molecule has 1 amide bonds. The van der Waals surface area contributed by atoms with E-state index in [9.17, 15) is 9.59 Å².